The molecule has 0 saturated carbocycles. The van der Waals surface area contributed by atoms with Crippen LogP contribution in [-0.2, 0) is 29.5 Å². The molecule has 4 aliphatic rings. The van der Waals surface area contributed by atoms with Crippen molar-refractivity contribution < 1.29 is 47.5 Å². The molecule has 3 aromatic carbocycles. The summed E-state index contributed by atoms with van der Waals surface area (Å²) in [5.74, 6) is -2.50. The van der Waals surface area contributed by atoms with Crippen LogP contribution >= 0.6 is 0 Å². The van der Waals surface area contributed by atoms with Crippen molar-refractivity contribution in [1.29, 1.82) is 0 Å². The van der Waals surface area contributed by atoms with Gasteiger partial charge in [-0.25, -0.2) is 4.79 Å². The predicted octanol–water partition coefficient (Wildman–Crippen LogP) is 3.85. The third kappa shape index (κ3) is 3.16. The number of carbonyl (C=O) groups excluding carboxylic acids is 3. The van der Waals surface area contributed by atoms with Crippen molar-refractivity contribution in [2.45, 2.75) is 11.5 Å². The van der Waals surface area contributed by atoms with Gasteiger partial charge in [0.2, 0.25) is 18.1 Å². The Kier molecular flexibility index (Phi) is 5.28. The number of carbonyl (C=O) groups is 3. The molecule has 0 unspecified atom stereocenters. The number of H-pyrrole nitrogens is 1. The van der Waals surface area contributed by atoms with E-state index in [0.717, 1.165) is 16.5 Å². The molecular weight excluding hydrogens is 558 g/mol. The summed E-state index contributed by atoms with van der Waals surface area (Å²) in [6.45, 7) is -0.150. The van der Waals surface area contributed by atoms with E-state index in [9.17, 15) is 14.4 Å². The number of hydrogen-bond acceptors (Lipinski definition) is 10. The normalized spacial score (nSPS) is 24.7. The molecule has 2 saturated heterocycles. The van der Waals surface area contributed by atoms with Crippen molar-refractivity contribution in [2.75, 3.05) is 34.7 Å². The molecule has 43 heavy (non-hydrogen) atoms. The summed E-state index contributed by atoms with van der Waals surface area (Å²) in [5, 5.41) is 0.868. The molecule has 1 aromatic heterocycles. The van der Waals surface area contributed by atoms with Crippen molar-refractivity contribution in [2.24, 2.45) is 11.8 Å². The Balaban J connectivity index is 1.50. The van der Waals surface area contributed by atoms with Crippen LogP contribution < -0.4 is 23.7 Å². The first-order valence-electron chi connectivity index (χ1n) is 13.7. The van der Waals surface area contributed by atoms with E-state index < -0.39 is 41.1 Å². The Morgan fingerprint density at radius 1 is 0.930 bits per heavy atom. The largest absolute Gasteiger partial charge is 0.493 e. The maximum absolute atomic E-state index is 13.8. The van der Waals surface area contributed by atoms with Crippen molar-refractivity contribution >= 4 is 28.6 Å². The summed E-state index contributed by atoms with van der Waals surface area (Å²) in [7, 11) is 4.53. The minimum absolute atomic E-state index is 0.0436. The maximum atomic E-state index is 13.8. The van der Waals surface area contributed by atoms with Crippen LogP contribution in [-0.4, -0.2) is 57.4 Å². The number of methoxy groups -OCH3 is 3. The van der Waals surface area contributed by atoms with Crippen LogP contribution in [0.15, 0.2) is 48.7 Å². The van der Waals surface area contributed by atoms with Gasteiger partial charge in [-0.05, 0) is 35.4 Å². The lowest BCUT2D eigenvalue weighted by Crippen LogP contribution is -2.64. The Labute approximate surface area is 244 Å². The summed E-state index contributed by atoms with van der Waals surface area (Å²) >= 11 is 0. The lowest BCUT2D eigenvalue weighted by molar-refractivity contribution is -0.208. The third-order valence-electron chi connectivity index (χ3n) is 9.07. The van der Waals surface area contributed by atoms with E-state index in [4.69, 9.17) is 33.2 Å². The van der Waals surface area contributed by atoms with Crippen LogP contribution in [0.25, 0.3) is 22.0 Å². The molecule has 1 aliphatic carbocycles. The molecule has 4 heterocycles. The molecule has 218 valence electrons. The smallest absolute Gasteiger partial charge is 0.380 e. The quantitative estimate of drug-likeness (QED) is 0.273. The minimum atomic E-state index is -1.75. The highest BCUT2D eigenvalue weighted by molar-refractivity contribution is 6.43. The zero-order valence-corrected chi connectivity index (χ0v) is 23.3. The number of Topliss-reactive ketones (excluding diaryl/α,β-unsaturated/α-hetero) is 1. The zero-order valence-electron chi connectivity index (χ0n) is 23.3. The van der Waals surface area contributed by atoms with Crippen LogP contribution in [0.4, 0.5) is 0 Å². The van der Waals surface area contributed by atoms with E-state index in [2.05, 4.69) is 4.98 Å². The molecular formula is C32H25NO10. The standard InChI is InChI=1S/C32H25NO10/c1-37-20-8-14(9-21(38-2)27(20)39-3)23-16-10-22-28(42-13-41-22)24(17-11-33-19-7-5-4-6-15(17)19)26(16)32(29(34)31(36)43-32)18-12-40-30(35)25(18)23/h4-11,18,23,25,33H,12-13H2,1-3H3/t18-,23+,25-,32+/m0/s1. The fourth-order valence-corrected chi connectivity index (χ4v) is 7.32. The molecule has 2 fully saturated rings. The van der Waals surface area contributed by atoms with Crippen LogP contribution in [0.1, 0.15) is 22.6 Å². The monoisotopic (exact) mass is 583 g/mol. The highest BCUT2D eigenvalue weighted by Crippen LogP contribution is 2.64. The number of aromatic nitrogens is 1. The number of nitrogens with one attached hydrogen (secondary N) is 1. The second-order valence-electron chi connectivity index (χ2n) is 10.9. The van der Waals surface area contributed by atoms with Crippen LogP contribution in [0.2, 0.25) is 0 Å². The first-order chi connectivity index (χ1) is 20.9. The molecule has 8 rings (SSSR count). The van der Waals surface area contributed by atoms with Gasteiger partial charge in [0.05, 0.1) is 39.8 Å². The zero-order chi connectivity index (χ0) is 29.6. The number of fused-ring (bicyclic) bond motifs is 6. The molecule has 1 N–H and O–H groups in total. The average Bonchev–Trinajstić information content (AvgIpc) is 3.78. The van der Waals surface area contributed by atoms with E-state index in [1.165, 1.54) is 21.3 Å². The van der Waals surface area contributed by atoms with E-state index in [-0.39, 0.29) is 13.4 Å². The second-order valence-corrected chi connectivity index (χ2v) is 10.9. The van der Waals surface area contributed by atoms with Gasteiger partial charge in [0, 0.05) is 39.7 Å². The van der Waals surface area contributed by atoms with Crippen molar-refractivity contribution in [3.63, 3.8) is 0 Å². The Bertz CT molecular complexity index is 1870. The number of esters is 2. The van der Waals surface area contributed by atoms with Crippen LogP contribution in [0.5, 0.6) is 28.7 Å². The molecule has 4 atom stereocenters. The summed E-state index contributed by atoms with van der Waals surface area (Å²) in [4.78, 5) is 43.2. The number of hydrogen-bond donors (Lipinski definition) is 1. The molecule has 0 radical (unpaired) electrons. The fraction of sp³-hybridized carbons (Fsp3) is 0.281. The number of ether oxygens (including phenoxy) is 7. The highest BCUT2D eigenvalue weighted by Gasteiger charge is 2.72. The summed E-state index contributed by atoms with van der Waals surface area (Å²) in [6.07, 6.45) is 1.83. The molecule has 3 aliphatic heterocycles. The number of cyclic esters (lactones) is 1. The number of benzene rings is 3. The summed E-state index contributed by atoms with van der Waals surface area (Å²) < 4.78 is 40.3. The van der Waals surface area contributed by atoms with Gasteiger partial charge in [0.25, 0.3) is 5.78 Å². The average molecular weight is 584 g/mol. The molecule has 1 spiro atoms. The lowest BCUT2D eigenvalue weighted by atomic mass is 9.56. The number of para-hydroxylation sites is 1. The van der Waals surface area contributed by atoms with E-state index >= 15 is 0 Å². The van der Waals surface area contributed by atoms with Gasteiger partial charge in [-0.2, -0.15) is 0 Å². The molecule has 11 nitrogen and oxygen atoms in total. The van der Waals surface area contributed by atoms with E-state index in [0.29, 0.717) is 51.0 Å². The molecule has 0 amide bonds. The summed E-state index contributed by atoms with van der Waals surface area (Å²) in [6, 6.07) is 13.0. The molecule has 4 aromatic rings. The van der Waals surface area contributed by atoms with Crippen LogP contribution in [0, 0.1) is 11.8 Å². The van der Waals surface area contributed by atoms with Gasteiger partial charge in [-0.15, -0.1) is 0 Å². The predicted molar refractivity (Wildman–Crippen MR) is 149 cm³/mol. The number of aromatic amines is 1. The SMILES string of the molecule is COc1cc([C@@H]2c3cc4c(c(-c5c[nH]c6ccccc56)c3[C@]3(OC(=O)C3=O)[C@H]3COC(=O)[C@H]23)OCO4)cc(OC)c1OC. The van der Waals surface area contributed by atoms with E-state index in [1.54, 1.807) is 18.2 Å². The first-order valence-corrected chi connectivity index (χ1v) is 13.7. The van der Waals surface area contributed by atoms with Gasteiger partial charge in [-0.1, -0.05) is 18.2 Å². The van der Waals surface area contributed by atoms with Crippen molar-refractivity contribution in [3.8, 4) is 39.9 Å². The third-order valence-corrected chi connectivity index (χ3v) is 9.07. The topological polar surface area (TPSA) is 132 Å². The van der Waals surface area contributed by atoms with Gasteiger partial charge in [-0.3, -0.25) is 9.59 Å². The summed E-state index contributed by atoms with van der Waals surface area (Å²) in [5.41, 5.74) is 2.07. The highest BCUT2D eigenvalue weighted by atomic mass is 16.7. The van der Waals surface area contributed by atoms with Gasteiger partial charge >= 0.3 is 11.9 Å². The Morgan fingerprint density at radius 3 is 2.40 bits per heavy atom. The van der Waals surface area contributed by atoms with Gasteiger partial charge < -0.3 is 38.1 Å². The van der Waals surface area contributed by atoms with Crippen LogP contribution in [0.3, 0.4) is 0 Å². The van der Waals surface area contributed by atoms with Crippen molar-refractivity contribution in [3.05, 3.63) is 65.4 Å². The first kappa shape index (κ1) is 25.5. The lowest BCUT2D eigenvalue weighted by Gasteiger charge is -2.50. The molecule has 0 bridgehead atoms. The Morgan fingerprint density at radius 2 is 1.70 bits per heavy atom. The Hall–Kier alpha value is -5.19. The number of ketones is 1. The number of rotatable bonds is 5. The van der Waals surface area contributed by atoms with Gasteiger partial charge in [0.15, 0.2) is 23.0 Å². The van der Waals surface area contributed by atoms with Crippen molar-refractivity contribution in [1.82, 2.24) is 4.98 Å². The maximum Gasteiger partial charge on any atom is 0.380 e. The van der Waals surface area contributed by atoms with E-state index in [1.807, 2.05) is 30.5 Å². The second kappa shape index (κ2) is 8.90. The fourth-order valence-electron chi connectivity index (χ4n) is 7.32. The molecule has 11 heteroatoms. The minimum Gasteiger partial charge on any atom is -0.493 e. The van der Waals surface area contributed by atoms with Gasteiger partial charge in [0.1, 0.15) is 0 Å².